The minimum Gasteiger partial charge on any atom is -0.481 e. The highest BCUT2D eigenvalue weighted by Crippen LogP contribution is 2.34. The fraction of sp³-hybridized carbons (Fsp3) is 0.714. The maximum absolute atomic E-state index is 9.75. The Morgan fingerprint density at radius 3 is 2.68 bits per heavy atom. The minimum atomic E-state index is -0.252. The van der Waals surface area contributed by atoms with Crippen molar-refractivity contribution in [3.63, 3.8) is 0 Å². The van der Waals surface area contributed by atoms with Crippen LogP contribution >= 0.6 is 0 Å². The molecule has 0 atom stereocenters. The van der Waals surface area contributed by atoms with E-state index in [4.69, 9.17) is 4.74 Å². The first kappa shape index (κ1) is 14.1. The fourth-order valence-electron chi connectivity index (χ4n) is 2.62. The summed E-state index contributed by atoms with van der Waals surface area (Å²) in [7, 11) is 1.59. The third kappa shape index (κ3) is 3.35. The summed E-state index contributed by atoms with van der Waals surface area (Å²) >= 11 is 0. The largest absolute Gasteiger partial charge is 0.481 e. The van der Waals surface area contributed by atoms with E-state index < -0.39 is 0 Å². The second-order valence-electron chi connectivity index (χ2n) is 5.59. The molecule has 19 heavy (non-hydrogen) atoms. The highest BCUT2D eigenvalue weighted by Gasteiger charge is 2.34. The topological polar surface area (TPSA) is 67.3 Å². The van der Waals surface area contributed by atoms with Crippen molar-refractivity contribution in [2.24, 2.45) is 5.92 Å². The Bertz CT molecular complexity index is 429. The number of nitrogens with zero attached hydrogens (tertiary/aromatic N) is 2. The van der Waals surface area contributed by atoms with Crippen molar-refractivity contribution in [3.05, 3.63) is 11.9 Å². The molecular formula is C14H23N3O2. The molecule has 2 rings (SSSR count). The van der Waals surface area contributed by atoms with Crippen molar-refractivity contribution >= 4 is 5.82 Å². The average Bonchev–Trinajstić information content (AvgIpc) is 2.41. The average molecular weight is 265 g/mol. The number of aromatic nitrogens is 2. The van der Waals surface area contributed by atoms with Crippen LogP contribution in [0.15, 0.2) is 6.07 Å². The number of aliphatic hydroxyl groups excluding tert-OH is 1. The first-order valence-corrected chi connectivity index (χ1v) is 6.85. The molecule has 0 aromatic carbocycles. The Labute approximate surface area is 114 Å². The number of hydrogen-bond acceptors (Lipinski definition) is 5. The molecule has 0 spiro atoms. The summed E-state index contributed by atoms with van der Waals surface area (Å²) in [6, 6.07) is 1.78. The van der Waals surface area contributed by atoms with Gasteiger partial charge in [-0.05, 0) is 38.5 Å². The van der Waals surface area contributed by atoms with E-state index in [9.17, 15) is 5.11 Å². The second kappa shape index (κ2) is 5.74. The minimum absolute atomic E-state index is 0.130. The SMILES string of the molecule is COc1cc(NC2(CO)CCC(C)CC2)nc(C)n1. The van der Waals surface area contributed by atoms with Crippen molar-refractivity contribution in [2.75, 3.05) is 19.0 Å². The van der Waals surface area contributed by atoms with Crippen LogP contribution in [0.3, 0.4) is 0 Å². The summed E-state index contributed by atoms with van der Waals surface area (Å²) in [6.07, 6.45) is 4.20. The molecule has 0 bridgehead atoms. The van der Waals surface area contributed by atoms with Crippen LogP contribution in [-0.4, -0.2) is 34.3 Å². The summed E-state index contributed by atoms with van der Waals surface area (Å²) in [6.45, 7) is 4.23. The van der Waals surface area contributed by atoms with Crippen LogP contribution in [-0.2, 0) is 0 Å². The van der Waals surface area contributed by atoms with Crippen LogP contribution in [0, 0.1) is 12.8 Å². The molecule has 0 amide bonds. The lowest BCUT2D eigenvalue weighted by Crippen LogP contribution is -2.45. The number of ether oxygens (including phenoxy) is 1. The van der Waals surface area contributed by atoms with E-state index in [-0.39, 0.29) is 12.1 Å². The van der Waals surface area contributed by atoms with E-state index in [1.807, 2.05) is 6.92 Å². The Hall–Kier alpha value is -1.36. The molecule has 1 aliphatic carbocycles. The molecule has 0 radical (unpaired) electrons. The summed E-state index contributed by atoms with van der Waals surface area (Å²) in [5.74, 6) is 2.68. The molecule has 1 fully saturated rings. The van der Waals surface area contributed by atoms with Gasteiger partial charge in [-0.15, -0.1) is 0 Å². The van der Waals surface area contributed by atoms with Crippen LogP contribution in [0.25, 0.3) is 0 Å². The van der Waals surface area contributed by atoms with Crippen LogP contribution in [0.1, 0.15) is 38.4 Å². The molecule has 1 heterocycles. The maximum Gasteiger partial charge on any atom is 0.218 e. The summed E-state index contributed by atoms with van der Waals surface area (Å²) in [5.41, 5.74) is -0.252. The van der Waals surface area contributed by atoms with Gasteiger partial charge in [-0.25, -0.2) is 4.98 Å². The fourth-order valence-corrected chi connectivity index (χ4v) is 2.62. The molecule has 5 heteroatoms. The predicted octanol–water partition coefficient (Wildman–Crippen LogP) is 2.15. The summed E-state index contributed by atoms with van der Waals surface area (Å²) < 4.78 is 5.15. The van der Waals surface area contributed by atoms with Crippen LogP contribution in [0.5, 0.6) is 5.88 Å². The molecule has 5 nitrogen and oxygen atoms in total. The van der Waals surface area contributed by atoms with E-state index in [0.717, 1.165) is 37.4 Å². The van der Waals surface area contributed by atoms with E-state index in [1.165, 1.54) is 0 Å². The van der Waals surface area contributed by atoms with Gasteiger partial charge in [0.1, 0.15) is 11.6 Å². The van der Waals surface area contributed by atoms with E-state index >= 15 is 0 Å². The smallest absolute Gasteiger partial charge is 0.218 e. The lowest BCUT2D eigenvalue weighted by molar-refractivity contribution is 0.155. The Morgan fingerprint density at radius 2 is 2.11 bits per heavy atom. The zero-order valence-corrected chi connectivity index (χ0v) is 11.9. The molecule has 106 valence electrons. The Kier molecular flexibility index (Phi) is 4.24. The highest BCUT2D eigenvalue weighted by molar-refractivity contribution is 5.41. The first-order chi connectivity index (χ1) is 9.07. The third-order valence-corrected chi connectivity index (χ3v) is 3.95. The van der Waals surface area contributed by atoms with Crippen molar-refractivity contribution in [3.8, 4) is 5.88 Å². The van der Waals surface area contributed by atoms with E-state index in [2.05, 4.69) is 22.2 Å². The van der Waals surface area contributed by atoms with Gasteiger partial charge in [0, 0.05) is 6.07 Å². The number of methoxy groups -OCH3 is 1. The van der Waals surface area contributed by atoms with Crippen LogP contribution in [0.2, 0.25) is 0 Å². The quantitative estimate of drug-likeness (QED) is 0.873. The first-order valence-electron chi connectivity index (χ1n) is 6.85. The molecule has 1 saturated carbocycles. The molecule has 1 aliphatic rings. The van der Waals surface area contributed by atoms with Gasteiger partial charge in [0.25, 0.3) is 0 Å². The maximum atomic E-state index is 9.75. The van der Waals surface area contributed by atoms with Gasteiger partial charge >= 0.3 is 0 Å². The monoisotopic (exact) mass is 265 g/mol. The standard InChI is InChI=1S/C14H23N3O2/c1-10-4-6-14(9-18,7-5-10)17-12-8-13(19-3)16-11(2)15-12/h8,10,18H,4-7,9H2,1-3H3,(H,15,16,17). The number of aliphatic hydroxyl groups is 1. The molecule has 2 N–H and O–H groups in total. The van der Waals surface area contributed by atoms with E-state index in [0.29, 0.717) is 11.7 Å². The summed E-state index contributed by atoms with van der Waals surface area (Å²) in [5, 5.41) is 13.1. The van der Waals surface area contributed by atoms with Crippen molar-refractivity contribution in [1.29, 1.82) is 0 Å². The molecule has 0 aliphatic heterocycles. The van der Waals surface area contributed by atoms with Crippen molar-refractivity contribution in [2.45, 2.75) is 45.1 Å². The van der Waals surface area contributed by atoms with Gasteiger partial charge in [0.05, 0.1) is 19.3 Å². The lowest BCUT2D eigenvalue weighted by Gasteiger charge is -2.39. The summed E-state index contributed by atoms with van der Waals surface area (Å²) in [4.78, 5) is 8.54. The zero-order valence-electron chi connectivity index (χ0n) is 11.9. The van der Waals surface area contributed by atoms with Gasteiger partial charge in [0.2, 0.25) is 5.88 Å². The number of aryl methyl sites for hydroxylation is 1. The van der Waals surface area contributed by atoms with Crippen LogP contribution < -0.4 is 10.1 Å². The zero-order chi connectivity index (χ0) is 13.9. The highest BCUT2D eigenvalue weighted by atomic mass is 16.5. The van der Waals surface area contributed by atoms with Crippen LogP contribution in [0.4, 0.5) is 5.82 Å². The second-order valence-corrected chi connectivity index (χ2v) is 5.59. The predicted molar refractivity (Wildman–Crippen MR) is 74.4 cm³/mol. The Balaban J connectivity index is 2.16. The van der Waals surface area contributed by atoms with Crippen molar-refractivity contribution in [1.82, 2.24) is 9.97 Å². The molecule has 1 aromatic heterocycles. The molecule has 0 saturated heterocycles. The normalized spacial score (nSPS) is 27.1. The lowest BCUT2D eigenvalue weighted by atomic mass is 9.77. The number of rotatable bonds is 4. The molecule has 1 aromatic rings. The van der Waals surface area contributed by atoms with Gasteiger partial charge in [0.15, 0.2) is 0 Å². The number of nitrogens with one attached hydrogen (secondary N) is 1. The number of anilines is 1. The van der Waals surface area contributed by atoms with Gasteiger partial charge < -0.3 is 15.2 Å². The number of hydrogen-bond donors (Lipinski definition) is 2. The third-order valence-electron chi connectivity index (χ3n) is 3.95. The van der Waals surface area contributed by atoms with Gasteiger partial charge in [-0.3, -0.25) is 0 Å². The van der Waals surface area contributed by atoms with Gasteiger partial charge in [-0.1, -0.05) is 6.92 Å². The molecule has 0 unspecified atom stereocenters. The van der Waals surface area contributed by atoms with Crippen molar-refractivity contribution < 1.29 is 9.84 Å². The Morgan fingerprint density at radius 1 is 1.42 bits per heavy atom. The van der Waals surface area contributed by atoms with Gasteiger partial charge in [-0.2, -0.15) is 4.98 Å². The van der Waals surface area contributed by atoms with E-state index in [1.54, 1.807) is 13.2 Å². The molecular weight excluding hydrogens is 242 g/mol.